The number of hydrogen-bond donors (Lipinski definition) is 1. The predicted octanol–water partition coefficient (Wildman–Crippen LogP) is 1.19. The Morgan fingerprint density at radius 2 is 1.80 bits per heavy atom. The highest BCUT2D eigenvalue weighted by atomic mass is 16.2. The molecule has 2 unspecified atom stereocenters. The Bertz CT molecular complexity index is 326. The van der Waals surface area contributed by atoms with Crippen LogP contribution >= 0.6 is 0 Å². The maximum absolute atomic E-state index is 12.0. The van der Waals surface area contributed by atoms with Gasteiger partial charge in [-0.15, -0.1) is 0 Å². The van der Waals surface area contributed by atoms with Crippen LogP contribution in [0, 0.1) is 5.92 Å². The van der Waals surface area contributed by atoms with Gasteiger partial charge in [0.15, 0.2) is 0 Å². The molecule has 0 aromatic heterocycles. The van der Waals surface area contributed by atoms with Crippen molar-refractivity contribution in [2.45, 2.75) is 44.2 Å². The number of nitrogens with two attached hydrogens (primary N) is 1. The molecule has 0 spiro atoms. The first-order valence-electron chi connectivity index (χ1n) is 7.92. The molecule has 0 aromatic carbocycles. The number of carbonyl (C=O) groups excluding carboxylic acids is 1. The van der Waals surface area contributed by atoms with Gasteiger partial charge in [0, 0.05) is 39.3 Å². The van der Waals surface area contributed by atoms with Crippen molar-refractivity contribution in [2.75, 3.05) is 40.8 Å². The Kier molecular flexibility index (Phi) is 5.27. The molecule has 1 saturated heterocycles. The minimum Gasteiger partial charge on any atom is -0.331 e. The first-order chi connectivity index (χ1) is 9.54. The van der Waals surface area contributed by atoms with Gasteiger partial charge in [-0.05, 0) is 45.2 Å². The molecule has 2 aliphatic rings. The van der Waals surface area contributed by atoms with Gasteiger partial charge in [0.2, 0.25) is 0 Å². The van der Waals surface area contributed by atoms with E-state index >= 15 is 0 Å². The van der Waals surface area contributed by atoms with Gasteiger partial charge in [-0.1, -0.05) is 6.42 Å². The summed E-state index contributed by atoms with van der Waals surface area (Å²) >= 11 is 0. The monoisotopic (exact) mass is 282 g/mol. The molecular formula is C15H30N4O. The molecule has 2 amide bonds. The van der Waals surface area contributed by atoms with Crippen LogP contribution in [0.15, 0.2) is 0 Å². The van der Waals surface area contributed by atoms with Gasteiger partial charge in [-0.2, -0.15) is 0 Å². The van der Waals surface area contributed by atoms with Crippen LogP contribution in [0.2, 0.25) is 0 Å². The lowest BCUT2D eigenvalue weighted by molar-refractivity contribution is 0.0846. The molecule has 5 nitrogen and oxygen atoms in total. The van der Waals surface area contributed by atoms with Gasteiger partial charge >= 0.3 is 6.03 Å². The Labute approximate surface area is 123 Å². The van der Waals surface area contributed by atoms with E-state index in [1.165, 1.54) is 19.3 Å². The summed E-state index contributed by atoms with van der Waals surface area (Å²) in [7, 11) is 5.91. The first kappa shape index (κ1) is 15.6. The number of amides is 2. The van der Waals surface area contributed by atoms with E-state index in [0.29, 0.717) is 18.0 Å². The molecule has 1 aliphatic heterocycles. The Hall–Kier alpha value is -0.810. The molecule has 1 aliphatic carbocycles. The highest BCUT2D eigenvalue weighted by molar-refractivity contribution is 5.73. The second-order valence-electron chi connectivity index (χ2n) is 6.55. The number of rotatable bonds is 3. The normalized spacial score (nSPS) is 28.1. The fraction of sp³-hybridized carbons (Fsp3) is 0.933. The number of urea groups is 1. The number of likely N-dealkylation sites (tertiary alicyclic amines) is 1. The minimum absolute atomic E-state index is 0.145. The van der Waals surface area contributed by atoms with Crippen molar-refractivity contribution >= 4 is 6.03 Å². The predicted molar refractivity (Wildman–Crippen MR) is 81.6 cm³/mol. The third-order valence-corrected chi connectivity index (χ3v) is 5.14. The smallest absolute Gasteiger partial charge is 0.319 e. The van der Waals surface area contributed by atoms with E-state index in [0.717, 1.165) is 32.5 Å². The standard InChI is InChI=1S/C15H30N4O/c1-17(2)15(20)19-9-7-13(8-10-19)18(3)14-6-4-5-12(14)11-16/h12-14H,4-11,16H2,1-3H3. The zero-order valence-electron chi connectivity index (χ0n) is 13.2. The topological polar surface area (TPSA) is 52.8 Å². The van der Waals surface area contributed by atoms with Crippen molar-refractivity contribution < 1.29 is 4.79 Å². The lowest BCUT2D eigenvalue weighted by Gasteiger charge is -2.41. The van der Waals surface area contributed by atoms with Crippen molar-refractivity contribution in [3.63, 3.8) is 0 Å². The Balaban J connectivity index is 1.85. The molecule has 5 heteroatoms. The van der Waals surface area contributed by atoms with Gasteiger partial charge in [0.05, 0.1) is 0 Å². The maximum atomic E-state index is 12.0. The molecule has 20 heavy (non-hydrogen) atoms. The number of carbonyl (C=O) groups is 1. The molecule has 0 aromatic rings. The van der Waals surface area contributed by atoms with Gasteiger partial charge < -0.3 is 20.4 Å². The SMILES string of the molecule is CN(C)C(=O)N1CCC(N(C)C2CCCC2CN)CC1. The van der Waals surface area contributed by atoms with Crippen LogP contribution in [0.1, 0.15) is 32.1 Å². The lowest BCUT2D eigenvalue weighted by atomic mass is 9.97. The van der Waals surface area contributed by atoms with E-state index in [1.54, 1.807) is 4.90 Å². The van der Waals surface area contributed by atoms with Crippen molar-refractivity contribution in [1.29, 1.82) is 0 Å². The summed E-state index contributed by atoms with van der Waals surface area (Å²) in [6, 6.07) is 1.41. The average molecular weight is 282 g/mol. The van der Waals surface area contributed by atoms with Crippen LogP contribution in [-0.2, 0) is 0 Å². The van der Waals surface area contributed by atoms with E-state index in [1.807, 2.05) is 19.0 Å². The number of nitrogens with zero attached hydrogens (tertiary/aromatic N) is 3. The first-order valence-corrected chi connectivity index (χ1v) is 7.92. The van der Waals surface area contributed by atoms with Gasteiger partial charge in [0.1, 0.15) is 0 Å². The van der Waals surface area contributed by atoms with Crippen LogP contribution in [0.4, 0.5) is 4.79 Å². The van der Waals surface area contributed by atoms with Crippen LogP contribution in [0.3, 0.4) is 0 Å². The van der Waals surface area contributed by atoms with Crippen molar-refractivity contribution in [2.24, 2.45) is 11.7 Å². The summed E-state index contributed by atoms with van der Waals surface area (Å²) in [5, 5.41) is 0. The summed E-state index contributed by atoms with van der Waals surface area (Å²) in [5.41, 5.74) is 5.90. The van der Waals surface area contributed by atoms with Crippen molar-refractivity contribution in [3.8, 4) is 0 Å². The largest absolute Gasteiger partial charge is 0.331 e. The molecule has 2 atom stereocenters. The molecule has 1 heterocycles. The van der Waals surface area contributed by atoms with Crippen LogP contribution in [0.5, 0.6) is 0 Å². The molecule has 116 valence electrons. The fourth-order valence-corrected chi connectivity index (χ4v) is 3.85. The summed E-state index contributed by atoms with van der Waals surface area (Å²) in [5.74, 6) is 0.668. The van der Waals surface area contributed by atoms with E-state index in [9.17, 15) is 4.79 Å². The summed E-state index contributed by atoms with van der Waals surface area (Å²) < 4.78 is 0. The molecule has 2 rings (SSSR count). The highest BCUT2D eigenvalue weighted by Crippen LogP contribution is 2.31. The summed E-state index contributed by atoms with van der Waals surface area (Å²) in [6.45, 7) is 2.57. The van der Waals surface area contributed by atoms with Crippen LogP contribution in [0.25, 0.3) is 0 Å². The minimum atomic E-state index is 0.145. The van der Waals surface area contributed by atoms with Gasteiger partial charge in [-0.25, -0.2) is 4.79 Å². The molecule has 2 fully saturated rings. The maximum Gasteiger partial charge on any atom is 0.319 e. The van der Waals surface area contributed by atoms with E-state index in [2.05, 4.69) is 11.9 Å². The summed E-state index contributed by atoms with van der Waals surface area (Å²) in [4.78, 5) is 18.2. The number of hydrogen-bond acceptors (Lipinski definition) is 3. The Morgan fingerprint density at radius 1 is 1.15 bits per heavy atom. The highest BCUT2D eigenvalue weighted by Gasteiger charge is 2.34. The lowest BCUT2D eigenvalue weighted by Crippen LogP contribution is -2.51. The third-order valence-electron chi connectivity index (χ3n) is 5.14. The van der Waals surface area contributed by atoms with Gasteiger partial charge in [0.25, 0.3) is 0 Å². The van der Waals surface area contributed by atoms with E-state index < -0.39 is 0 Å². The third kappa shape index (κ3) is 3.26. The molecular weight excluding hydrogens is 252 g/mol. The zero-order valence-corrected chi connectivity index (χ0v) is 13.2. The van der Waals surface area contributed by atoms with E-state index in [4.69, 9.17) is 5.73 Å². The van der Waals surface area contributed by atoms with Crippen molar-refractivity contribution in [3.05, 3.63) is 0 Å². The van der Waals surface area contributed by atoms with Crippen molar-refractivity contribution in [1.82, 2.24) is 14.7 Å². The quantitative estimate of drug-likeness (QED) is 0.846. The summed E-state index contributed by atoms with van der Waals surface area (Å²) in [6.07, 6.45) is 6.06. The Morgan fingerprint density at radius 3 is 2.35 bits per heavy atom. The molecule has 1 saturated carbocycles. The second-order valence-corrected chi connectivity index (χ2v) is 6.55. The molecule has 0 radical (unpaired) electrons. The van der Waals surface area contributed by atoms with Crippen LogP contribution in [-0.4, -0.2) is 73.6 Å². The van der Waals surface area contributed by atoms with Gasteiger partial charge in [-0.3, -0.25) is 0 Å². The average Bonchev–Trinajstić information content (AvgIpc) is 2.94. The van der Waals surface area contributed by atoms with Crippen LogP contribution < -0.4 is 5.73 Å². The second kappa shape index (κ2) is 6.76. The van der Waals surface area contributed by atoms with E-state index in [-0.39, 0.29) is 6.03 Å². The molecule has 2 N–H and O–H groups in total. The molecule has 0 bridgehead atoms. The zero-order chi connectivity index (χ0) is 14.7. The number of piperidine rings is 1. The fourth-order valence-electron chi connectivity index (χ4n) is 3.85.